The molecular formula is C16H20N6O. The van der Waals surface area contributed by atoms with Crippen LogP contribution in [0, 0.1) is 27.7 Å². The predicted molar refractivity (Wildman–Crippen MR) is 87.8 cm³/mol. The number of ether oxygens (including phenoxy) is 1. The molecule has 0 aliphatic rings. The van der Waals surface area contributed by atoms with Crippen LogP contribution in [-0.4, -0.2) is 31.9 Å². The molecule has 3 aromatic rings. The molecule has 7 nitrogen and oxygen atoms in total. The molecule has 3 rings (SSSR count). The van der Waals surface area contributed by atoms with Crippen LogP contribution in [0.1, 0.15) is 28.1 Å². The Kier molecular flexibility index (Phi) is 3.85. The van der Waals surface area contributed by atoms with E-state index < -0.39 is 0 Å². The molecule has 120 valence electrons. The second-order valence-corrected chi connectivity index (χ2v) is 5.58. The van der Waals surface area contributed by atoms with Crippen LogP contribution >= 0.6 is 0 Å². The molecule has 0 saturated carbocycles. The minimum atomic E-state index is 0.579. The molecule has 0 aliphatic heterocycles. The van der Waals surface area contributed by atoms with E-state index in [-0.39, 0.29) is 0 Å². The van der Waals surface area contributed by atoms with Gasteiger partial charge in [0.2, 0.25) is 5.65 Å². The van der Waals surface area contributed by atoms with Gasteiger partial charge in [0.1, 0.15) is 12.1 Å². The van der Waals surface area contributed by atoms with Crippen molar-refractivity contribution in [3.8, 4) is 5.75 Å². The van der Waals surface area contributed by atoms with E-state index in [2.05, 4.69) is 25.6 Å². The summed E-state index contributed by atoms with van der Waals surface area (Å²) in [6, 6.07) is 0. The van der Waals surface area contributed by atoms with Gasteiger partial charge in [-0.3, -0.25) is 4.98 Å². The maximum absolute atomic E-state index is 5.46. The monoisotopic (exact) mass is 312 g/mol. The Morgan fingerprint density at radius 3 is 2.70 bits per heavy atom. The number of fused-ring (bicyclic) bond motifs is 1. The van der Waals surface area contributed by atoms with Crippen LogP contribution in [0.25, 0.3) is 5.65 Å². The van der Waals surface area contributed by atoms with Crippen LogP contribution in [0.5, 0.6) is 5.75 Å². The lowest BCUT2D eigenvalue weighted by Crippen LogP contribution is -2.10. The molecule has 0 bridgehead atoms. The lowest BCUT2D eigenvalue weighted by molar-refractivity contribution is 0.407. The summed E-state index contributed by atoms with van der Waals surface area (Å²) in [7, 11) is 1.68. The molecule has 1 N–H and O–H groups in total. The van der Waals surface area contributed by atoms with Crippen molar-refractivity contribution in [3.63, 3.8) is 0 Å². The molecule has 0 spiro atoms. The first-order valence-corrected chi connectivity index (χ1v) is 7.43. The maximum Gasteiger partial charge on any atom is 0.200 e. The number of rotatable bonds is 4. The summed E-state index contributed by atoms with van der Waals surface area (Å²) in [5, 5.41) is 15.9. The third-order valence-corrected chi connectivity index (χ3v) is 4.11. The van der Waals surface area contributed by atoms with Gasteiger partial charge in [0.15, 0.2) is 0 Å². The van der Waals surface area contributed by atoms with Crippen molar-refractivity contribution < 1.29 is 4.74 Å². The van der Waals surface area contributed by atoms with Crippen molar-refractivity contribution >= 4 is 11.3 Å². The molecule has 0 saturated heterocycles. The van der Waals surface area contributed by atoms with E-state index in [1.54, 1.807) is 18.0 Å². The second kappa shape index (κ2) is 5.83. The van der Waals surface area contributed by atoms with Crippen molar-refractivity contribution in [1.29, 1.82) is 0 Å². The van der Waals surface area contributed by atoms with E-state index in [1.165, 1.54) is 0 Å². The van der Waals surface area contributed by atoms with Crippen molar-refractivity contribution in [2.24, 2.45) is 0 Å². The number of nitrogens with one attached hydrogen (secondary N) is 1. The fourth-order valence-electron chi connectivity index (χ4n) is 2.69. The Morgan fingerprint density at radius 1 is 1.17 bits per heavy atom. The summed E-state index contributed by atoms with van der Waals surface area (Å²) in [6.45, 7) is 8.59. The highest BCUT2D eigenvalue weighted by Gasteiger charge is 2.14. The molecular weight excluding hydrogens is 292 g/mol. The Morgan fingerprint density at radius 2 is 1.96 bits per heavy atom. The normalized spacial score (nSPS) is 11.0. The third-order valence-electron chi connectivity index (χ3n) is 4.11. The zero-order valence-electron chi connectivity index (χ0n) is 14.0. The van der Waals surface area contributed by atoms with Gasteiger partial charge < -0.3 is 10.1 Å². The molecule has 0 unspecified atom stereocenters. The molecule has 0 radical (unpaired) electrons. The largest absolute Gasteiger partial charge is 0.496 e. The van der Waals surface area contributed by atoms with E-state index in [1.807, 2.05) is 33.9 Å². The van der Waals surface area contributed by atoms with Gasteiger partial charge in [0.25, 0.3) is 0 Å². The van der Waals surface area contributed by atoms with E-state index in [4.69, 9.17) is 4.74 Å². The minimum absolute atomic E-state index is 0.579. The second-order valence-electron chi connectivity index (χ2n) is 5.58. The quantitative estimate of drug-likeness (QED) is 0.797. The number of methoxy groups -OCH3 is 1. The average molecular weight is 312 g/mol. The van der Waals surface area contributed by atoms with Gasteiger partial charge >= 0.3 is 0 Å². The number of anilines is 1. The summed E-state index contributed by atoms with van der Waals surface area (Å²) in [5.41, 5.74) is 6.65. The number of hydrogen-bond donors (Lipinski definition) is 1. The van der Waals surface area contributed by atoms with Gasteiger partial charge in [0.05, 0.1) is 30.7 Å². The lowest BCUT2D eigenvalue weighted by Gasteiger charge is -2.15. The maximum atomic E-state index is 5.46. The summed E-state index contributed by atoms with van der Waals surface area (Å²) in [6.07, 6.45) is 3.44. The van der Waals surface area contributed by atoms with Crippen LogP contribution in [0.3, 0.4) is 0 Å². The van der Waals surface area contributed by atoms with Crippen molar-refractivity contribution in [3.05, 3.63) is 40.6 Å². The zero-order valence-corrected chi connectivity index (χ0v) is 14.0. The third kappa shape index (κ3) is 2.58. The standard InChI is InChI=1S/C16H20N6O/c1-9-6-17-13(11(3)15(9)23-5)7-18-14-10(2)12(4)21-22-8-19-20-16(14)22/h6,8,18H,7H2,1-5H3. The minimum Gasteiger partial charge on any atom is -0.496 e. The van der Waals surface area contributed by atoms with Crippen molar-refractivity contribution in [2.45, 2.75) is 34.2 Å². The highest BCUT2D eigenvalue weighted by molar-refractivity contribution is 5.71. The van der Waals surface area contributed by atoms with Crippen LogP contribution in [0.4, 0.5) is 5.69 Å². The molecule has 0 atom stereocenters. The first kappa shape index (κ1) is 15.2. The first-order valence-electron chi connectivity index (χ1n) is 7.43. The van der Waals surface area contributed by atoms with E-state index >= 15 is 0 Å². The van der Waals surface area contributed by atoms with E-state index in [9.17, 15) is 0 Å². The Balaban J connectivity index is 1.96. The van der Waals surface area contributed by atoms with Crippen molar-refractivity contribution in [2.75, 3.05) is 12.4 Å². The fraction of sp³-hybridized carbons (Fsp3) is 0.375. The van der Waals surface area contributed by atoms with Crippen LogP contribution < -0.4 is 10.1 Å². The fourth-order valence-corrected chi connectivity index (χ4v) is 2.69. The van der Waals surface area contributed by atoms with Gasteiger partial charge in [-0.15, -0.1) is 10.2 Å². The molecule has 23 heavy (non-hydrogen) atoms. The van der Waals surface area contributed by atoms with Crippen LogP contribution in [-0.2, 0) is 6.54 Å². The molecule has 3 heterocycles. The molecule has 0 fully saturated rings. The number of hydrogen-bond acceptors (Lipinski definition) is 6. The topological polar surface area (TPSA) is 77.2 Å². The highest BCUT2D eigenvalue weighted by Crippen LogP contribution is 2.26. The summed E-state index contributed by atoms with van der Waals surface area (Å²) in [4.78, 5) is 4.52. The van der Waals surface area contributed by atoms with Crippen LogP contribution in [0.15, 0.2) is 12.5 Å². The summed E-state index contributed by atoms with van der Waals surface area (Å²) >= 11 is 0. The van der Waals surface area contributed by atoms with Crippen molar-refractivity contribution in [1.82, 2.24) is 24.8 Å². The molecule has 0 amide bonds. The molecule has 7 heteroatoms. The number of nitrogens with zero attached hydrogens (tertiary/aromatic N) is 5. The van der Waals surface area contributed by atoms with Gasteiger partial charge in [-0.1, -0.05) is 0 Å². The van der Waals surface area contributed by atoms with Gasteiger partial charge in [-0.05, 0) is 33.3 Å². The summed E-state index contributed by atoms with van der Waals surface area (Å²) < 4.78 is 7.15. The first-order chi connectivity index (χ1) is 11.0. The highest BCUT2D eigenvalue weighted by atomic mass is 16.5. The van der Waals surface area contributed by atoms with E-state index in [0.717, 1.165) is 39.5 Å². The SMILES string of the molecule is COc1c(C)cnc(CNc2c(C)c(C)nn3cnnc23)c1C. The van der Waals surface area contributed by atoms with Gasteiger partial charge in [0, 0.05) is 17.3 Å². The summed E-state index contributed by atoms with van der Waals surface area (Å²) in [5.74, 6) is 0.882. The predicted octanol–water partition coefficient (Wildman–Crippen LogP) is 2.37. The van der Waals surface area contributed by atoms with Gasteiger partial charge in [-0.25, -0.2) is 0 Å². The smallest absolute Gasteiger partial charge is 0.200 e. The van der Waals surface area contributed by atoms with E-state index in [0.29, 0.717) is 12.2 Å². The lowest BCUT2D eigenvalue weighted by atomic mass is 10.1. The average Bonchev–Trinajstić information content (AvgIpc) is 2.98. The Hall–Kier alpha value is -2.70. The van der Waals surface area contributed by atoms with Crippen LogP contribution in [0.2, 0.25) is 0 Å². The zero-order chi connectivity index (χ0) is 16.6. The number of aromatic nitrogens is 5. The van der Waals surface area contributed by atoms with Gasteiger partial charge in [-0.2, -0.15) is 9.61 Å². The molecule has 0 aromatic carbocycles. The Labute approximate surface area is 134 Å². The number of pyridine rings is 1. The molecule has 0 aliphatic carbocycles. The molecule has 3 aromatic heterocycles. The Bertz CT molecular complexity index is 871. The number of aryl methyl sites for hydroxylation is 2.